The molecule has 1 heterocycles. The van der Waals surface area contributed by atoms with Gasteiger partial charge in [-0.15, -0.1) is 0 Å². The van der Waals surface area contributed by atoms with Crippen LogP contribution in [0.1, 0.15) is 6.42 Å². The number of hydrogen-bond acceptors (Lipinski definition) is 2. The lowest BCUT2D eigenvalue weighted by atomic mass is 10.2. The van der Waals surface area contributed by atoms with E-state index in [4.69, 9.17) is 4.74 Å². The average Bonchev–Trinajstić information content (AvgIpc) is 2.31. The van der Waals surface area contributed by atoms with Crippen LogP contribution in [0.15, 0.2) is 24.8 Å². The number of ketones is 1. The van der Waals surface area contributed by atoms with Crippen molar-refractivity contribution in [1.82, 2.24) is 0 Å². The van der Waals surface area contributed by atoms with Gasteiger partial charge in [-0.2, -0.15) is 0 Å². The first kappa shape index (κ1) is 7.22. The molecule has 1 aliphatic heterocycles. The predicted octanol–water partition coefficient (Wildman–Crippen LogP) is 1.09. The van der Waals surface area contributed by atoms with E-state index in [-0.39, 0.29) is 18.5 Å². The van der Waals surface area contributed by atoms with Gasteiger partial charge in [0.2, 0.25) is 0 Å². The zero-order chi connectivity index (χ0) is 7.40. The summed E-state index contributed by atoms with van der Waals surface area (Å²) in [7, 11) is 0. The minimum Gasteiger partial charge on any atom is -0.366 e. The maximum Gasteiger partial charge on any atom is 0.161 e. The monoisotopic (exact) mass is 138 g/mol. The fourth-order valence-corrected chi connectivity index (χ4v) is 0.868. The van der Waals surface area contributed by atoms with Crippen LogP contribution in [-0.2, 0) is 9.53 Å². The van der Waals surface area contributed by atoms with E-state index in [1.807, 2.05) is 6.08 Å². The molecule has 0 aromatic carbocycles. The molecule has 0 aromatic heterocycles. The lowest BCUT2D eigenvalue weighted by Gasteiger charge is -1.97. The van der Waals surface area contributed by atoms with Gasteiger partial charge in [-0.3, -0.25) is 4.79 Å². The van der Waals surface area contributed by atoms with Crippen molar-refractivity contribution in [2.45, 2.75) is 12.5 Å². The van der Waals surface area contributed by atoms with Crippen molar-refractivity contribution < 1.29 is 9.53 Å². The van der Waals surface area contributed by atoms with Gasteiger partial charge in [0.1, 0.15) is 6.61 Å². The largest absolute Gasteiger partial charge is 0.366 e. The second-order valence-electron chi connectivity index (χ2n) is 2.21. The number of allylic oxidation sites excluding steroid dienone is 2. The molecule has 2 nitrogen and oxygen atoms in total. The van der Waals surface area contributed by atoms with E-state index in [0.29, 0.717) is 6.42 Å². The molecule has 0 spiro atoms. The van der Waals surface area contributed by atoms with Crippen LogP contribution >= 0.6 is 0 Å². The molecule has 0 N–H and O–H groups in total. The molecule has 1 rings (SSSR count). The maximum atomic E-state index is 10.6. The molecule has 1 aliphatic rings. The summed E-state index contributed by atoms with van der Waals surface area (Å²) in [6.45, 7) is 3.78. The molecule has 0 bridgehead atoms. The van der Waals surface area contributed by atoms with Crippen LogP contribution in [0.3, 0.4) is 0 Å². The standard InChI is InChI=1S/C8H10O2/c1-2-3-4-8-5-7(9)6-10-8/h2-4,8H,1,5-6H2. The van der Waals surface area contributed by atoms with Crippen LogP contribution in [0.5, 0.6) is 0 Å². The van der Waals surface area contributed by atoms with Crippen molar-refractivity contribution in [3.63, 3.8) is 0 Å². The molecule has 54 valence electrons. The fourth-order valence-electron chi connectivity index (χ4n) is 0.868. The van der Waals surface area contributed by atoms with Gasteiger partial charge in [-0.25, -0.2) is 0 Å². The summed E-state index contributed by atoms with van der Waals surface area (Å²) < 4.78 is 5.08. The Bertz CT molecular complexity index is 170. The Balaban J connectivity index is 2.37. The van der Waals surface area contributed by atoms with Crippen LogP contribution in [0.2, 0.25) is 0 Å². The van der Waals surface area contributed by atoms with Crippen molar-refractivity contribution in [2.75, 3.05) is 6.61 Å². The molecule has 0 aromatic rings. The number of hydrogen-bond donors (Lipinski definition) is 0. The summed E-state index contributed by atoms with van der Waals surface area (Å²) >= 11 is 0. The van der Waals surface area contributed by atoms with Crippen molar-refractivity contribution in [2.24, 2.45) is 0 Å². The summed E-state index contributed by atoms with van der Waals surface area (Å²) in [6.07, 6.45) is 5.82. The molecule has 10 heavy (non-hydrogen) atoms. The average molecular weight is 138 g/mol. The molecular formula is C8H10O2. The first-order chi connectivity index (χ1) is 4.83. The normalized spacial score (nSPS) is 26.0. The predicted molar refractivity (Wildman–Crippen MR) is 38.7 cm³/mol. The minimum absolute atomic E-state index is 0.00880. The number of carbonyl (C=O) groups excluding carboxylic acids is 1. The highest BCUT2D eigenvalue weighted by Crippen LogP contribution is 2.09. The van der Waals surface area contributed by atoms with Gasteiger partial charge < -0.3 is 4.74 Å². The van der Waals surface area contributed by atoms with Gasteiger partial charge in [-0.1, -0.05) is 24.8 Å². The van der Waals surface area contributed by atoms with Crippen LogP contribution < -0.4 is 0 Å². The first-order valence-electron chi connectivity index (χ1n) is 3.25. The molecule has 1 saturated heterocycles. The lowest BCUT2D eigenvalue weighted by molar-refractivity contribution is -0.117. The van der Waals surface area contributed by atoms with Crippen molar-refractivity contribution in [1.29, 1.82) is 0 Å². The molecular weight excluding hydrogens is 128 g/mol. The van der Waals surface area contributed by atoms with Crippen LogP contribution in [0.4, 0.5) is 0 Å². The molecule has 2 heteroatoms. The molecule has 0 saturated carbocycles. The Morgan fingerprint density at radius 1 is 1.70 bits per heavy atom. The highest BCUT2D eigenvalue weighted by Gasteiger charge is 2.19. The smallest absolute Gasteiger partial charge is 0.161 e. The van der Waals surface area contributed by atoms with Crippen LogP contribution in [0, 0.1) is 0 Å². The molecule has 1 unspecified atom stereocenters. The van der Waals surface area contributed by atoms with E-state index < -0.39 is 0 Å². The Kier molecular flexibility index (Phi) is 2.40. The van der Waals surface area contributed by atoms with Gasteiger partial charge >= 0.3 is 0 Å². The highest BCUT2D eigenvalue weighted by atomic mass is 16.5. The van der Waals surface area contributed by atoms with E-state index in [1.54, 1.807) is 12.2 Å². The van der Waals surface area contributed by atoms with Crippen LogP contribution in [-0.4, -0.2) is 18.5 Å². The van der Waals surface area contributed by atoms with Crippen molar-refractivity contribution >= 4 is 5.78 Å². The van der Waals surface area contributed by atoms with E-state index in [2.05, 4.69) is 6.58 Å². The van der Waals surface area contributed by atoms with E-state index in [1.165, 1.54) is 0 Å². The van der Waals surface area contributed by atoms with E-state index >= 15 is 0 Å². The fraction of sp³-hybridized carbons (Fsp3) is 0.375. The number of ether oxygens (including phenoxy) is 1. The molecule has 0 radical (unpaired) electrons. The molecule has 0 amide bonds. The quantitative estimate of drug-likeness (QED) is 0.534. The second kappa shape index (κ2) is 3.32. The van der Waals surface area contributed by atoms with E-state index in [0.717, 1.165) is 0 Å². The number of rotatable bonds is 2. The molecule has 1 fully saturated rings. The number of Topliss-reactive ketones (excluding diaryl/α,β-unsaturated/α-hetero) is 1. The summed E-state index contributed by atoms with van der Waals surface area (Å²) in [5.74, 6) is 0.179. The zero-order valence-corrected chi connectivity index (χ0v) is 5.75. The lowest BCUT2D eigenvalue weighted by Crippen LogP contribution is -1.98. The second-order valence-corrected chi connectivity index (χ2v) is 2.21. The third-order valence-electron chi connectivity index (χ3n) is 1.35. The van der Waals surface area contributed by atoms with Gasteiger partial charge in [0, 0.05) is 6.42 Å². The van der Waals surface area contributed by atoms with Crippen molar-refractivity contribution in [3.05, 3.63) is 24.8 Å². The maximum absolute atomic E-state index is 10.6. The molecule has 0 aliphatic carbocycles. The summed E-state index contributed by atoms with van der Waals surface area (Å²) in [5, 5.41) is 0. The van der Waals surface area contributed by atoms with Crippen molar-refractivity contribution in [3.8, 4) is 0 Å². The first-order valence-corrected chi connectivity index (χ1v) is 3.25. The summed E-state index contributed by atoms with van der Waals surface area (Å²) in [5.41, 5.74) is 0. The zero-order valence-electron chi connectivity index (χ0n) is 5.75. The van der Waals surface area contributed by atoms with Gasteiger partial charge in [0.15, 0.2) is 5.78 Å². The van der Waals surface area contributed by atoms with Crippen LogP contribution in [0.25, 0.3) is 0 Å². The Morgan fingerprint density at radius 2 is 2.50 bits per heavy atom. The Labute approximate surface area is 60.2 Å². The Morgan fingerprint density at radius 3 is 3.00 bits per heavy atom. The van der Waals surface area contributed by atoms with Gasteiger partial charge in [-0.05, 0) is 0 Å². The topological polar surface area (TPSA) is 26.3 Å². The summed E-state index contributed by atoms with van der Waals surface area (Å²) in [4.78, 5) is 10.6. The summed E-state index contributed by atoms with van der Waals surface area (Å²) in [6, 6.07) is 0. The SMILES string of the molecule is C=CC=CC1CC(=O)CO1. The minimum atomic E-state index is -0.00880. The third kappa shape index (κ3) is 1.81. The number of carbonyl (C=O) groups is 1. The Hall–Kier alpha value is -0.890. The third-order valence-corrected chi connectivity index (χ3v) is 1.35. The molecule has 1 atom stereocenters. The van der Waals surface area contributed by atoms with Gasteiger partial charge in [0.25, 0.3) is 0 Å². The van der Waals surface area contributed by atoms with Gasteiger partial charge in [0.05, 0.1) is 6.10 Å². The van der Waals surface area contributed by atoms with E-state index in [9.17, 15) is 4.79 Å². The highest BCUT2D eigenvalue weighted by molar-refractivity contribution is 5.82.